The minimum atomic E-state index is 0.755. The maximum Gasteiger partial charge on any atom is 0.0161 e. The van der Waals surface area contributed by atoms with Gasteiger partial charge >= 0.3 is 0 Å². The standard InChI is InChI=1S/C28H47N/c1-19-14-15-24-23(18-19)25-26(21-12-6-7-13-22(21)27(25)29(24)2)28(16-8-3-9-17-28)20-10-4-5-11-20/h19-27H,3-18H2,1-2H3. The second-order valence-electron chi connectivity index (χ2n) is 12.8. The summed E-state index contributed by atoms with van der Waals surface area (Å²) >= 11 is 0. The minimum absolute atomic E-state index is 0.755. The molecule has 0 amide bonds. The maximum absolute atomic E-state index is 3.01. The highest BCUT2D eigenvalue weighted by molar-refractivity contribution is 5.17. The van der Waals surface area contributed by atoms with Crippen LogP contribution in [0.5, 0.6) is 0 Å². The van der Waals surface area contributed by atoms with Crippen LogP contribution in [0.15, 0.2) is 0 Å². The highest BCUT2D eigenvalue weighted by Gasteiger charge is 2.66. The van der Waals surface area contributed by atoms with Gasteiger partial charge in [-0.25, -0.2) is 0 Å². The predicted molar refractivity (Wildman–Crippen MR) is 122 cm³/mol. The van der Waals surface area contributed by atoms with Crippen LogP contribution < -0.4 is 0 Å². The molecule has 5 saturated carbocycles. The lowest BCUT2D eigenvalue weighted by molar-refractivity contribution is -0.0422. The Morgan fingerprint density at radius 1 is 0.690 bits per heavy atom. The van der Waals surface area contributed by atoms with E-state index < -0.39 is 0 Å². The van der Waals surface area contributed by atoms with Crippen LogP contribution in [0.1, 0.15) is 110 Å². The Labute approximate surface area is 180 Å². The fraction of sp³-hybridized carbons (Fsp3) is 1.00. The number of hydrogen-bond acceptors (Lipinski definition) is 1. The van der Waals surface area contributed by atoms with Crippen molar-refractivity contribution in [3.05, 3.63) is 0 Å². The first-order valence-electron chi connectivity index (χ1n) is 13.9. The van der Waals surface area contributed by atoms with E-state index in [0.717, 1.165) is 58.9 Å². The van der Waals surface area contributed by atoms with Crippen LogP contribution in [0.3, 0.4) is 0 Å². The van der Waals surface area contributed by atoms with Crippen molar-refractivity contribution in [3.63, 3.8) is 0 Å². The molecule has 1 nitrogen and oxygen atoms in total. The lowest BCUT2D eigenvalue weighted by Crippen LogP contribution is -2.47. The van der Waals surface area contributed by atoms with Crippen LogP contribution in [-0.2, 0) is 0 Å². The normalized spacial score (nSPS) is 50.3. The third-order valence-electron chi connectivity index (χ3n) is 11.8. The Balaban J connectivity index is 1.43. The van der Waals surface area contributed by atoms with Gasteiger partial charge in [0.25, 0.3) is 0 Å². The van der Waals surface area contributed by atoms with E-state index in [9.17, 15) is 0 Å². The highest BCUT2D eigenvalue weighted by Crippen LogP contribution is 2.69. The molecule has 0 N–H and O–H groups in total. The molecule has 0 aromatic carbocycles. The summed E-state index contributed by atoms with van der Waals surface area (Å²) in [5.74, 6) is 7.45. The van der Waals surface area contributed by atoms with Crippen molar-refractivity contribution in [3.8, 4) is 0 Å². The molecule has 5 aliphatic carbocycles. The number of nitrogens with zero attached hydrogens (tertiary/aromatic N) is 1. The summed E-state index contributed by atoms with van der Waals surface area (Å²) in [5, 5.41) is 0. The Kier molecular flexibility index (Phi) is 5.10. The summed E-state index contributed by atoms with van der Waals surface area (Å²) in [6, 6.07) is 1.90. The lowest BCUT2D eigenvalue weighted by atomic mass is 9.51. The molecular formula is C28H47N. The van der Waals surface area contributed by atoms with E-state index in [1.165, 1.54) is 25.7 Å². The molecule has 0 radical (unpaired) electrons. The van der Waals surface area contributed by atoms with Crippen LogP contribution in [0.25, 0.3) is 0 Å². The van der Waals surface area contributed by atoms with E-state index in [1.54, 1.807) is 77.0 Å². The molecule has 8 atom stereocenters. The summed E-state index contributed by atoms with van der Waals surface area (Å²) in [6.07, 6.45) is 25.0. The molecule has 164 valence electrons. The van der Waals surface area contributed by atoms with E-state index >= 15 is 0 Å². The Morgan fingerprint density at radius 2 is 1.38 bits per heavy atom. The van der Waals surface area contributed by atoms with Crippen molar-refractivity contribution in [2.75, 3.05) is 7.05 Å². The van der Waals surface area contributed by atoms with Gasteiger partial charge in [-0.3, -0.25) is 4.90 Å². The van der Waals surface area contributed by atoms with Crippen molar-refractivity contribution >= 4 is 0 Å². The second-order valence-corrected chi connectivity index (χ2v) is 12.8. The van der Waals surface area contributed by atoms with Gasteiger partial charge in [0.15, 0.2) is 0 Å². The zero-order valence-electron chi connectivity index (χ0n) is 19.5. The fourth-order valence-corrected chi connectivity index (χ4v) is 11.0. The molecule has 1 heteroatoms. The SMILES string of the molecule is CC1CCC2C(C1)C1C(C3CCCCC3C1C1(C3CCCC3)CCCCC1)N2C. The summed E-state index contributed by atoms with van der Waals surface area (Å²) in [5.41, 5.74) is 0.755. The van der Waals surface area contributed by atoms with Crippen LogP contribution in [0.2, 0.25) is 0 Å². The van der Waals surface area contributed by atoms with Gasteiger partial charge < -0.3 is 0 Å². The molecular weight excluding hydrogens is 350 g/mol. The first-order chi connectivity index (χ1) is 14.2. The van der Waals surface area contributed by atoms with E-state index in [1.807, 2.05) is 0 Å². The van der Waals surface area contributed by atoms with Crippen molar-refractivity contribution in [2.24, 2.45) is 46.8 Å². The van der Waals surface area contributed by atoms with Gasteiger partial charge in [-0.1, -0.05) is 51.9 Å². The molecule has 8 unspecified atom stereocenters. The summed E-state index contributed by atoms with van der Waals surface area (Å²) in [4.78, 5) is 3.01. The van der Waals surface area contributed by atoms with E-state index in [4.69, 9.17) is 0 Å². The topological polar surface area (TPSA) is 3.24 Å². The molecule has 1 saturated heterocycles. The van der Waals surface area contributed by atoms with E-state index in [0.29, 0.717) is 0 Å². The molecule has 1 aliphatic heterocycles. The predicted octanol–water partition coefficient (Wildman–Crippen LogP) is 7.30. The monoisotopic (exact) mass is 397 g/mol. The van der Waals surface area contributed by atoms with Gasteiger partial charge in [0.2, 0.25) is 0 Å². The summed E-state index contributed by atoms with van der Waals surface area (Å²) in [6.45, 7) is 2.58. The molecule has 1 heterocycles. The number of hydrogen-bond donors (Lipinski definition) is 0. The molecule has 29 heavy (non-hydrogen) atoms. The zero-order chi connectivity index (χ0) is 19.6. The largest absolute Gasteiger partial charge is 0.300 e. The zero-order valence-corrected chi connectivity index (χ0v) is 19.5. The summed E-state index contributed by atoms with van der Waals surface area (Å²) < 4.78 is 0. The molecule has 6 fully saturated rings. The third-order valence-corrected chi connectivity index (χ3v) is 11.8. The Morgan fingerprint density at radius 3 is 2.14 bits per heavy atom. The van der Waals surface area contributed by atoms with Gasteiger partial charge in [0.05, 0.1) is 0 Å². The van der Waals surface area contributed by atoms with Gasteiger partial charge in [-0.05, 0) is 112 Å². The molecule has 0 aromatic rings. The van der Waals surface area contributed by atoms with Crippen molar-refractivity contribution in [1.82, 2.24) is 4.90 Å². The number of rotatable bonds is 2. The Bertz CT molecular complexity index is 585. The van der Waals surface area contributed by atoms with E-state index in [2.05, 4.69) is 18.9 Å². The van der Waals surface area contributed by atoms with E-state index in [-0.39, 0.29) is 0 Å². The smallest absolute Gasteiger partial charge is 0.0161 e. The van der Waals surface area contributed by atoms with Crippen LogP contribution in [0.4, 0.5) is 0 Å². The molecule has 0 bridgehead atoms. The van der Waals surface area contributed by atoms with Gasteiger partial charge in [-0.2, -0.15) is 0 Å². The molecule has 0 spiro atoms. The maximum atomic E-state index is 3.01. The van der Waals surface area contributed by atoms with Gasteiger partial charge in [0.1, 0.15) is 0 Å². The number of likely N-dealkylation sites (tertiary alicyclic amines) is 1. The Hall–Kier alpha value is -0.0400. The molecule has 0 aromatic heterocycles. The van der Waals surface area contributed by atoms with Crippen molar-refractivity contribution in [1.29, 1.82) is 0 Å². The summed E-state index contributed by atoms with van der Waals surface area (Å²) in [7, 11) is 2.58. The molecule has 6 aliphatic rings. The first-order valence-corrected chi connectivity index (χ1v) is 13.9. The quantitative estimate of drug-likeness (QED) is 0.472. The first kappa shape index (κ1) is 19.6. The van der Waals surface area contributed by atoms with Crippen LogP contribution in [0, 0.1) is 46.8 Å². The molecule has 6 rings (SSSR count). The van der Waals surface area contributed by atoms with Crippen molar-refractivity contribution in [2.45, 2.75) is 122 Å². The highest BCUT2D eigenvalue weighted by atomic mass is 15.2. The van der Waals surface area contributed by atoms with Crippen LogP contribution in [-0.4, -0.2) is 24.0 Å². The third kappa shape index (κ3) is 2.87. The average Bonchev–Trinajstić information content (AvgIpc) is 3.45. The average molecular weight is 398 g/mol. The fourth-order valence-electron chi connectivity index (χ4n) is 11.0. The van der Waals surface area contributed by atoms with Crippen LogP contribution >= 0.6 is 0 Å². The van der Waals surface area contributed by atoms with Gasteiger partial charge in [-0.15, -0.1) is 0 Å². The lowest BCUT2D eigenvalue weighted by Gasteiger charge is -2.53. The second kappa shape index (κ2) is 7.53. The minimum Gasteiger partial charge on any atom is -0.300 e. The number of fused-ring (bicyclic) bond motifs is 5. The van der Waals surface area contributed by atoms with Crippen molar-refractivity contribution < 1.29 is 0 Å². The van der Waals surface area contributed by atoms with Gasteiger partial charge in [0, 0.05) is 12.1 Å².